The molecule has 0 saturated heterocycles. The minimum Gasteiger partial charge on any atom is -0.469 e. The van der Waals surface area contributed by atoms with Crippen molar-refractivity contribution in [3.05, 3.63) is 0 Å². The number of unbranched alkanes of at least 4 members (excludes halogenated alkanes) is 6. The number of esters is 2. The second kappa shape index (κ2) is 22.7. The highest BCUT2D eigenvalue weighted by atomic mass is 16.5. The Bertz CT molecular complexity index is 635. The van der Waals surface area contributed by atoms with E-state index in [-0.39, 0.29) is 35.3 Å². The molecule has 0 aromatic rings. The molecule has 10 nitrogen and oxygen atoms in total. The Morgan fingerprint density at radius 1 is 0.528 bits per heavy atom. The Kier molecular flexibility index (Phi) is 22.3. The van der Waals surface area contributed by atoms with E-state index in [1.165, 1.54) is 28.1 Å². The summed E-state index contributed by atoms with van der Waals surface area (Å²) in [6.07, 6.45) is 8.47. The molecule has 0 radical (unpaired) electrons. The summed E-state index contributed by atoms with van der Waals surface area (Å²) >= 11 is 0. The van der Waals surface area contributed by atoms with Crippen molar-refractivity contribution >= 4 is 35.3 Å². The van der Waals surface area contributed by atoms with Crippen LogP contribution in [0.25, 0.3) is 0 Å². The van der Waals surface area contributed by atoms with E-state index in [2.05, 4.69) is 20.1 Å². The molecule has 0 fully saturated rings. The van der Waals surface area contributed by atoms with Crippen LogP contribution < -0.4 is 10.6 Å². The standard InChI is InChI=1S/2C13H23NO4/c2*1-10(11(2)15)14-12(16)8-6-4-5-7-9-13(17)18-3/h2*10H,4-9H2,1-3H3,(H,14,16). The van der Waals surface area contributed by atoms with Crippen LogP contribution in [0.2, 0.25) is 0 Å². The molecule has 0 aliphatic carbocycles. The van der Waals surface area contributed by atoms with Crippen LogP contribution in [-0.4, -0.2) is 61.6 Å². The van der Waals surface area contributed by atoms with Gasteiger partial charge in [0.25, 0.3) is 0 Å². The van der Waals surface area contributed by atoms with Crippen LogP contribution in [0, 0.1) is 0 Å². The summed E-state index contributed by atoms with van der Waals surface area (Å²) in [5, 5.41) is 5.27. The van der Waals surface area contributed by atoms with Crippen molar-refractivity contribution in [1.82, 2.24) is 10.6 Å². The maximum Gasteiger partial charge on any atom is 0.305 e. The number of carbonyl (C=O) groups is 6. The summed E-state index contributed by atoms with van der Waals surface area (Å²) in [4.78, 5) is 66.3. The van der Waals surface area contributed by atoms with Gasteiger partial charge in [0.1, 0.15) is 0 Å². The lowest BCUT2D eigenvalue weighted by molar-refractivity contribution is -0.141. The lowest BCUT2D eigenvalue weighted by Crippen LogP contribution is -2.37. The molecule has 10 heteroatoms. The highest BCUT2D eigenvalue weighted by molar-refractivity contribution is 5.87. The summed E-state index contributed by atoms with van der Waals surface area (Å²) in [6, 6.07) is -0.811. The normalized spacial score (nSPS) is 11.7. The molecule has 2 unspecified atom stereocenters. The fourth-order valence-electron chi connectivity index (χ4n) is 2.85. The molecule has 2 amide bonds. The second-order valence-corrected chi connectivity index (χ2v) is 8.78. The zero-order valence-electron chi connectivity index (χ0n) is 22.9. The van der Waals surface area contributed by atoms with Crippen LogP contribution in [-0.2, 0) is 38.2 Å². The van der Waals surface area contributed by atoms with Gasteiger partial charge in [-0.15, -0.1) is 0 Å². The third kappa shape index (κ3) is 23.0. The van der Waals surface area contributed by atoms with E-state index in [0.717, 1.165) is 51.4 Å². The number of methoxy groups -OCH3 is 2. The predicted octanol–water partition coefficient (Wildman–Crippen LogP) is 3.19. The lowest BCUT2D eigenvalue weighted by atomic mass is 10.1. The Balaban J connectivity index is 0. The van der Waals surface area contributed by atoms with E-state index in [1.807, 2.05) is 0 Å². The summed E-state index contributed by atoms with van der Waals surface area (Å²) in [7, 11) is 2.76. The highest BCUT2D eigenvalue weighted by Crippen LogP contribution is 2.07. The summed E-state index contributed by atoms with van der Waals surface area (Å²) in [6.45, 7) is 6.27. The molecule has 0 rings (SSSR count). The number of ether oxygens (including phenoxy) is 2. The first kappa shape index (κ1) is 35.4. The van der Waals surface area contributed by atoms with E-state index in [9.17, 15) is 28.8 Å². The fourth-order valence-corrected chi connectivity index (χ4v) is 2.85. The molecule has 208 valence electrons. The molecular weight excluding hydrogens is 468 g/mol. The van der Waals surface area contributed by atoms with Gasteiger partial charge >= 0.3 is 11.9 Å². The number of amides is 2. The first-order chi connectivity index (χ1) is 16.9. The SMILES string of the molecule is COC(=O)CCCCCCC(=O)NC(C)C(C)=O.COC(=O)CCCCCCC(=O)NC(C)C(C)=O. The van der Waals surface area contributed by atoms with Crippen molar-refractivity contribution < 1.29 is 38.2 Å². The maximum absolute atomic E-state index is 11.4. The molecule has 0 aliphatic heterocycles. The fraction of sp³-hybridized carbons (Fsp3) is 0.769. The minimum atomic E-state index is -0.406. The van der Waals surface area contributed by atoms with Crippen molar-refractivity contribution in [2.45, 2.75) is 117 Å². The van der Waals surface area contributed by atoms with Crippen LogP contribution in [0.15, 0.2) is 0 Å². The number of nitrogens with one attached hydrogen (secondary N) is 2. The van der Waals surface area contributed by atoms with Crippen molar-refractivity contribution in [1.29, 1.82) is 0 Å². The van der Waals surface area contributed by atoms with E-state index < -0.39 is 12.1 Å². The van der Waals surface area contributed by atoms with Gasteiger partial charge in [0.05, 0.1) is 26.3 Å². The highest BCUT2D eigenvalue weighted by Gasteiger charge is 2.11. The van der Waals surface area contributed by atoms with E-state index in [0.29, 0.717) is 25.7 Å². The van der Waals surface area contributed by atoms with Gasteiger partial charge < -0.3 is 20.1 Å². The third-order valence-electron chi connectivity index (χ3n) is 5.50. The Hall–Kier alpha value is -2.78. The predicted molar refractivity (Wildman–Crippen MR) is 136 cm³/mol. The molecule has 0 saturated carbocycles. The summed E-state index contributed by atoms with van der Waals surface area (Å²) in [5.74, 6) is -0.648. The molecule has 0 spiro atoms. The molecule has 0 bridgehead atoms. The number of carbonyl (C=O) groups excluding carboxylic acids is 6. The molecular formula is C26H46N2O8. The van der Waals surface area contributed by atoms with Crippen molar-refractivity contribution in [2.75, 3.05) is 14.2 Å². The van der Waals surface area contributed by atoms with Crippen LogP contribution in [0.1, 0.15) is 105 Å². The van der Waals surface area contributed by atoms with Crippen molar-refractivity contribution in [3.8, 4) is 0 Å². The molecule has 2 N–H and O–H groups in total. The smallest absolute Gasteiger partial charge is 0.305 e. The molecule has 0 aliphatic rings. The molecule has 0 aromatic carbocycles. The number of rotatable bonds is 18. The van der Waals surface area contributed by atoms with Crippen LogP contribution in [0.4, 0.5) is 0 Å². The Labute approximate surface area is 215 Å². The van der Waals surface area contributed by atoms with Gasteiger partial charge in [-0.2, -0.15) is 0 Å². The first-order valence-corrected chi connectivity index (χ1v) is 12.7. The van der Waals surface area contributed by atoms with Crippen molar-refractivity contribution in [3.63, 3.8) is 0 Å². The molecule has 0 aromatic heterocycles. The van der Waals surface area contributed by atoms with Gasteiger partial charge in [-0.05, 0) is 53.4 Å². The monoisotopic (exact) mass is 514 g/mol. The van der Waals surface area contributed by atoms with Gasteiger partial charge in [0.15, 0.2) is 11.6 Å². The Morgan fingerprint density at radius 3 is 1.06 bits per heavy atom. The van der Waals surface area contributed by atoms with Gasteiger partial charge in [0, 0.05) is 25.7 Å². The van der Waals surface area contributed by atoms with E-state index >= 15 is 0 Å². The van der Waals surface area contributed by atoms with E-state index in [1.54, 1.807) is 13.8 Å². The quantitative estimate of drug-likeness (QED) is 0.210. The van der Waals surface area contributed by atoms with Gasteiger partial charge in [-0.3, -0.25) is 28.8 Å². The van der Waals surface area contributed by atoms with Crippen molar-refractivity contribution in [2.24, 2.45) is 0 Å². The van der Waals surface area contributed by atoms with Crippen LogP contribution >= 0.6 is 0 Å². The lowest BCUT2D eigenvalue weighted by Gasteiger charge is -2.10. The number of Topliss-reactive ketones (excluding diaryl/α,β-unsaturated/α-hetero) is 2. The number of hydrogen-bond acceptors (Lipinski definition) is 8. The number of ketones is 2. The molecule has 36 heavy (non-hydrogen) atoms. The average Bonchev–Trinajstić information content (AvgIpc) is 2.83. The maximum atomic E-state index is 11.4. The summed E-state index contributed by atoms with van der Waals surface area (Å²) < 4.78 is 9.05. The Morgan fingerprint density at radius 2 is 0.806 bits per heavy atom. The largest absolute Gasteiger partial charge is 0.469 e. The van der Waals surface area contributed by atoms with Crippen LogP contribution in [0.5, 0.6) is 0 Å². The molecule has 0 heterocycles. The minimum absolute atomic E-state index is 0.0403. The van der Waals surface area contributed by atoms with Gasteiger partial charge in [-0.1, -0.05) is 25.7 Å². The zero-order valence-corrected chi connectivity index (χ0v) is 22.9. The summed E-state index contributed by atoms with van der Waals surface area (Å²) in [5.41, 5.74) is 0. The number of hydrogen-bond donors (Lipinski definition) is 2. The molecule has 2 atom stereocenters. The topological polar surface area (TPSA) is 145 Å². The van der Waals surface area contributed by atoms with E-state index in [4.69, 9.17) is 0 Å². The average molecular weight is 515 g/mol. The third-order valence-corrected chi connectivity index (χ3v) is 5.50. The second-order valence-electron chi connectivity index (χ2n) is 8.78. The van der Waals surface area contributed by atoms with Gasteiger partial charge in [0.2, 0.25) is 11.8 Å². The zero-order chi connectivity index (χ0) is 27.9. The van der Waals surface area contributed by atoms with Crippen LogP contribution in [0.3, 0.4) is 0 Å². The first-order valence-electron chi connectivity index (χ1n) is 12.7. The van der Waals surface area contributed by atoms with Gasteiger partial charge in [-0.25, -0.2) is 0 Å².